The molecule has 1 aromatic carbocycles. The maximum absolute atomic E-state index is 5.83. The lowest BCUT2D eigenvalue weighted by atomic mass is 9.95. The molecule has 0 aliphatic rings. The molecule has 0 bridgehead atoms. The van der Waals surface area contributed by atoms with Gasteiger partial charge in [-0.1, -0.05) is 37.3 Å². The Balaban J connectivity index is 2.23. The lowest BCUT2D eigenvalue weighted by Gasteiger charge is -2.29. The van der Waals surface area contributed by atoms with E-state index in [1.54, 1.807) is 0 Å². The third-order valence-corrected chi connectivity index (χ3v) is 3.65. The number of alkyl halides is 1. The fraction of sp³-hybridized carbons (Fsp3) is 0.600. The second kappa shape index (κ2) is 7.73. The third kappa shape index (κ3) is 5.56. The van der Waals surface area contributed by atoms with Crippen molar-refractivity contribution in [3.8, 4) is 0 Å². The summed E-state index contributed by atoms with van der Waals surface area (Å²) in [5, 5.41) is 3.63. The minimum atomic E-state index is 0.207. The van der Waals surface area contributed by atoms with Crippen molar-refractivity contribution in [1.82, 2.24) is 5.32 Å². The van der Waals surface area contributed by atoms with Gasteiger partial charge in [0, 0.05) is 11.4 Å². The van der Waals surface area contributed by atoms with Crippen LogP contribution in [0.1, 0.15) is 38.7 Å². The average molecular weight is 254 g/mol. The van der Waals surface area contributed by atoms with Gasteiger partial charge in [0.2, 0.25) is 0 Å². The second-order valence-corrected chi connectivity index (χ2v) is 5.25. The Hall–Kier alpha value is -0.530. The maximum atomic E-state index is 5.83. The monoisotopic (exact) mass is 253 g/mol. The number of benzene rings is 1. The van der Waals surface area contributed by atoms with Crippen molar-refractivity contribution in [1.29, 1.82) is 0 Å². The molecule has 1 nitrogen and oxygen atoms in total. The standard InChI is InChI=1S/C15H24ClN/c1-3-15(2,11-12-16)17-13-7-10-14-8-5-4-6-9-14/h4-6,8-9,17H,3,7,10-13H2,1-2H3. The van der Waals surface area contributed by atoms with Crippen LogP contribution in [0.2, 0.25) is 0 Å². The lowest BCUT2D eigenvalue weighted by Crippen LogP contribution is -2.42. The molecular weight excluding hydrogens is 230 g/mol. The van der Waals surface area contributed by atoms with Crippen molar-refractivity contribution in [3.63, 3.8) is 0 Å². The highest BCUT2D eigenvalue weighted by atomic mass is 35.5. The van der Waals surface area contributed by atoms with E-state index in [1.165, 1.54) is 12.0 Å². The molecule has 17 heavy (non-hydrogen) atoms. The van der Waals surface area contributed by atoms with Crippen molar-refractivity contribution in [3.05, 3.63) is 35.9 Å². The van der Waals surface area contributed by atoms with Crippen molar-refractivity contribution < 1.29 is 0 Å². The van der Waals surface area contributed by atoms with Gasteiger partial charge in [0.25, 0.3) is 0 Å². The molecule has 0 aliphatic heterocycles. The van der Waals surface area contributed by atoms with Gasteiger partial charge < -0.3 is 5.32 Å². The van der Waals surface area contributed by atoms with E-state index in [-0.39, 0.29) is 5.54 Å². The molecule has 0 amide bonds. The summed E-state index contributed by atoms with van der Waals surface area (Å²) in [6.45, 7) is 5.55. The number of hydrogen-bond acceptors (Lipinski definition) is 1. The Kier molecular flexibility index (Phi) is 6.61. The van der Waals surface area contributed by atoms with Gasteiger partial charge in [0.1, 0.15) is 0 Å². The number of nitrogens with one attached hydrogen (secondary N) is 1. The molecule has 1 unspecified atom stereocenters. The molecule has 0 spiro atoms. The molecule has 1 atom stereocenters. The zero-order chi connectivity index (χ0) is 12.6. The van der Waals surface area contributed by atoms with Crippen LogP contribution in [0.3, 0.4) is 0 Å². The minimum absolute atomic E-state index is 0.207. The zero-order valence-electron chi connectivity index (χ0n) is 11.0. The first-order valence-corrected chi connectivity index (χ1v) is 7.08. The van der Waals surface area contributed by atoms with E-state index in [0.717, 1.165) is 31.7 Å². The van der Waals surface area contributed by atoms with Crippen LogP contribution in [0, 0.1) is 0 Å². The highest BCUT2D eigenvalue weighted by Gasteiger charge is 2.19. The molecule has 1 aromatic rings. The fourth-order valence-corrected chi connectivity index (χ4v) is 2.34. The predicted molar refractivity (Wildman–Crippen MR) is 76.8 cm³/mol. The molecule has 0 aromatic heterocycles. The molecule has 96 valence electrons. The van der Waals surface area contributed by atoms with Crippen LogP contribution >= 0.6 is 11.6 Å². The van der Waals surface area contributed by atoms with Gasteiger partial charge in [-0.3, -0.25) is 0 Å². The summed E-state index contributed by atoms with van der Waals surface area (Å²) < 4.78 is 0. The Morgan fingerprint density at radius 2 is 1.94 bits per heavy atom. The first-order chi connectivity index (χ1) is 8.20. The van der Waals surface area contributed by atoms with E-state index in [9.17, 15) is 0 Å². The SMILES string of the molecule is CCC(C)(CCCl)NCCCc1ccccc1. The molecule has 1 N–H and O–H groups in total. The molecule has 0 radical (unpaired) electrons. The Bertz CT molecular complexity index is 299. The Morgan fingerprint density at radius 3 is 2.53 bits per heavy atom. The molecule has 0 saturated heterocycles. The van der Waals surface area contributed by atoms with Gasteiger partial charge in [0.05, 0.1) is 0 Å². The second-order valence-electron chi connectivity index (χ2n) is 4.87. The van der Waals surface area contributed by atoms with Gasteiger partial charge >= 0.3 is 0 Å². The molecule has 0 saturated carbocycles. The zero-order valence-corrected chi connectivity index (χ0v) is 11.8. The van der Waals surface area contributed by atoms with E-state index in [0.29, 0.717) is 0 Å². The van der Waals surface area contributed by atoms with Crippen molar-refractivity contribution in [2.24, 2.45) is 0 Å². The van der Waals surface area contributed by atoms with Crippen LogP contribution in [0.4, 0.5) is 0 Å². The number of aryl methyl sites for hydroxylation is 1. The highest BCUT2D eigenvalue weighted by molar-refractivity contribution is 6.17. The van der Waals surface area contributed by atoms with Gasteiger partial charge in [0.15, 0.2) is 0 Å². The quantitative estimate of drug-likeness (QED) is 0.545. The van der Waals surface area contributed by atoms with Crippen LogP contribution in [-0.2, 0) is 6.42 Å². The van der Waals surface area contributed by atoms with E-state index in [1.807, 2.05) is 0 Å². The van der Waals surface area contributed by atoms with Crippen molar-refractivity contribution in [2.45, 2.75) is 45.1 Å². The van der Waals surface area contributed by atoms with Gasteiger partial charge in [-0.05, 0) is 44.7 Å². The third-order valence-electron chi connectivity index (χ3n) is 3.46. The molecule has 1 rings (SSSR count). The topological polar surface area (TPSA) is 12.0 Å². The number of hydrogen-bond donors (Lipinski definition) is 1. The van der Waals surface area contributed by atoms with Crippen LogP contribution < -0.4 is 5.32 Å². The van der Waals surface area contributed by atoms with Crippen molar-refractivity contribution >= 4 is 11.6 Å². The summed E-state index contributed by atoms with van der Waals surface area (Å²) >= 11 is 5.83. The van der Waals surface area contributed by atoms with E-state index in [2.05, 4.69) is 49.5 Å². The molecule has 0 fully saturated rings. The smallest absolute Gasteiger partial charge is 0.0240 e. The molecule has 0 aliphatic carbocycles. The average Bonchev–Trinajstić information content (AvgIpc) is 2.36. The Labute approximate surface area is 111 Å². The fourth-order valence-electron chi connectivity index (χ4n) is 1.93. The predicted octanol–water partition coefficient (Wildman–Crippen LogP) is 4.01. The molecular formula is C15H24ClN. The molecule has 2 heteroatoms. The summed E-state index contributed by atoms with van der Waals surface area (Å²) in [6.07, 6.45) is 4.50. The van der Waals surface area contributed by atoms with E-state index < -0.39 is 0 Å². The lowest BCUT2D eigenvalue weighted by molar-refractivity contribution is 0.332. The van der Waals surface area contributed by atoms with E-state index >= 15 is 0 Å². The summed E-state index contributed by atoms with van der Waals surface area (Å²) in [5.41, 5.74) is 1.63. The summed E-state index contributed by atoms with van der Waals surface area (Å²) in [7, 11) is 0. The first-order valence-electron chi connectivity index (χ1n) is 6.55. The van der Waals surface area contributed by atoms with Crippen LogP contribution in [0.15, 0.2) is 30.3 Å². The van der Waals surface area contributed by atoms with Crippen molar-refractivity contribution in [2.75, 3.05) is 12.4 Å². The summed E-state index contributed by atoms with van der Waals surface area (Å²) in [6, 6.07) is 10.7. The van der Waals surface area contributed by atoms with Gasteiger partial charge in [-0.2, -0.15) is 0 Å². The first kappa shape index (κ1) is 14.5. The van der Waals surface area contributed by atoms with Crippen LogP contribution in [0.25, 0.3) is 0 Å². The minimum Gasteiger partial charge on any atom is -0.311 e. The van der Waals surface area contributed by atoms with Gasteiger partial charge in [-0.15, -0.1) is 11.6 Å². The van der Waals surface area contributed by atoms with Crippen LogP contribution in [0.5, 0.6) is 0 Å². The number of halogens is 1. The van der Waals surface area contributed by atoms with Crippen LogP contribution in [-0.4, -0.2) is 18.0 Å². The maximum Gasteiger partial charge on any atom is 0.0240 e. The van der Waals surface area contributed by atoms with Gasteiger partial charge in [-0.25, -0.2) is 0 Å². The normalized spacial score (nSPS) is 14.5. The highest BCUT2D eigenvalue weighted by Crippen LogP contribution is 2.15. The Morgan fingerprint density at radius 1 is 1.24 bits per heavy atom. The largest absolute Gasteiger partial charge is 0.311 e. The molecule has 0 heterocycles. The summed E-state index contributed by atoms with van der Waals surface area (Å²) in [4.78, 5) is 0. The van der Waals surface area contributed by atoms with E-state index in [4.69, 9.17) is 11.6 Å². The number of rotatable bonds is 8. The summed E-state index contributed by atoms with van der Waals surface area (Å²) in [5.74, 6) is 0.732.